The summed E-state index contributed by atoms with van der Waals surface area (Å²) in [5, 5.41) is 17.8. The summed E-state index contributed by atoms with van der Waals surface area (Å²) in [7, 11) is 0. The van der Waals surface area contributed by atoms with Crippen LogP contribution in [0.4, 0.5) is 0 Å². The van der Waals surface area contributed by atoms with Crippen molar-refractivity contribution in [1.29, 1.82) is 0 Å². The summed E-state index contributed by atoms with van der Waals surface area (Å²) in [4.78, 5) is 9.97. The van der Waals surface area contributed by atoms with Crippen LogP contribution in [0.2, 0.25) is 0 Å². The number of fused-ring (bicyclic) bond motifs is 1. The van der Waals surface area contributed by atoms with Gasteiger partial charge in [-0.3, -0.25) is 10.1 Å². The van der Waals surface area contributed by atoms with Crippen LogP contribution >= 0.6 is 0 Å². The Hall–Kier alpha value is -1.98. The number of hydrogen-bond donors (Lipinski definition) is 1. The average molecular weight is 178 g/mol. The van der Waals surface area contributed by atoms with Gasteiger partial charge in [0.25, 0.3) is 5.70 Å². The Kier molecular flexibility index (Phi) is 1.48. The highest BCUT2D eigenvalue weighted by Crippen LogP contribution is 2.19. The Morgan fingerprint density at radius 2 is 2.31 bits per heavy atom. The first-order valence-electron chi connectivity index (χ1n) is 3.65. The van der Waals surface area contributed by atoms with Crippen LogP contribution in [-0.2, 0) is 0 Å². The first-order valence-corrected chi connectivity index (χ1v) is 3.65. The van der Waals surface area contributed by atoms with Crippen LogP contribution < -0.4 is 5.73 Å². The molecule has 66 valence electrons. The Bertz CT molecular complexity index is 403. The highest BCUT2D eigenvalue weighted by Gasteiger charge is 2.24. The zero-order valence-electron chi connectivity index (χ0n) is 6.60. The SMILES string of the molecule is NC1=NN=C2CC=C([N+](=O)[O-])C=C12. The van der Waals surface area contributed by atoms with Crippen LogP contribution in [0.15, 0.2) is 33.6 Å². The summed E-state index contributed by atoms with van der Waals surface area (Å²) < 4.78 is 0. The summed E-state index contributed by atoms with van der Waals surface area (Å²) in [6.45, 7) is 0. The maximum absolute atomic E-state index is 10.4. The summed E-state index contributed by atoms with van der Waals surface area (Å²) >= 11 is 0. The number of hydrogen-bond acceptors (Lipinski definition) is 5. The molecule has 6 heteroatoms. The summed E-state index contributed by atoms with van der Waals surface area (Å²) in [5.41, 5.74) is 6.79. The molecule has 1 aliphatic carbocycles. The van der Waals surface area contributed by atoms with E-state index in [1.54, 1.807) is 0 Å². The molecule has 2 aliphatic rings. The van der Waals surface area contributed by atoms with Gasteiger partial charge >= 0.3 is 0 Å². The summed E-state index contributed by atoms with van der Waals surface area (Å²) in [5.74, 6) is 0.252. The van der Waals surface area contributed by atoms with E-state index in [9.17, 15) is 10.1 Å². The first kappa shape index (κ1) is 7.66. The van der Waals surface area contributed by atoms with E-state index >= 15 is 0 Å². The van der Waals surface area contributed by atoms with Crippen molar-refractivity contribution in [3.63, 3.8) is 0 Å². The standard InChI is InChI=1S/C7H6N4O2/c8-7-5-3-4(11(12)13)1-2-6(5)9-10-7/h1,3H,2H2,(H2,8,10). The Balaban J connectivity index is 2.39. The number of allylic oxidation sites excluding steroid dienone is 2. The van der Waals surface area contributed by atoms with Gasteiger partial charge in [0.1, 0.15) is 0 Å². The fourth-order valence-electron chi connectivity index (χ4n) is 1.21. The van der Waals surface area contributed by atoms with E-state index in [0.29, 0.717) is 17.7 Å². The molecule has 0 saturated carbocycles. The maximum Gasteiger partial charge on any atom is 0.266 e. The van der Waals surface area contributed by atoms with E-state index in [0.717, 1.165) is 0 Å². The second kappa shape index (κ2) is 2.51. The van der Waals surface area contributed by atoms with E-state index in [4.69, 9.17) is 5.73 Å². The molecule has 0 aromatic carbocycles. The first-order chi connectivity index (χ1) is 6.18. The topological polar surface area (TPSA) is 93.9 Å². The van der Waals surface area contributed by atoms with Gasteiger partial charge in [-0.2, -0.15) is 5.10 Å². The molecule has 0 unspecified atom stereocenters. The zero-order valence-corrected chi connectivity index (χ0v) is 6.60. The number of amidine groups is 1. The Labute approximate surface area is 73.3 Å². The molecule has 1 aliphatic heterocycles. The van der Waals surface area contributed by atoms with Gasteiger partial charge in [0.2, 0.25) is 0 Å². The van der Waals surface area contributed by atoms with Crippen molar-refractivity contribution < 1.29 is 4.92 Å². The minimum atomic E-state index is -0.449. The van der Waals surface area contributed by atoms with Crippen LogP contribution in [-0.4, -0.2) is 16.5 Å². The third kappa shape index (κ3) is 1.12. The van der Waals surface area contributed by atoms with E-state index in [1.807, 2.05) is 0 Å². The maximum atomic E-state index is 10.4. The molecule has 0 amide bonds. The third-order valence-corrected chi connectivity index (χ3v) is 1.87. The lowest BCUT2D eigenvalue weighted by atomic mass is 10.0. The zero-order chi connectivity index (χ0) is 9.42. The molecule has 0 saturated heterocycles. The van der Waals surface area contributed by atoms with Gasteiger partial charge in [-0.1, -0.05) is 0 Å². The van der Waals surface area contributed by atoms with Gasteiger partial charge in [0, 0.05) is 18.1 Å². The van der Waals surface area contributed by atoms with Crippen molar-refractivity contribution in [2.24, 2.45) is 15.9 Å². The lowest BCUT2D eigenvalue weighted by Crippen LogP contribution is -2.19. The molecule has 1 heterocycles. The van der Waals surface area contributed by atoms with Crippen LogP contribution in [0.1, 0.15) is 6.42 Å². The van der Waals surface area contributed by atoms with Gasteiger partial charge < -0.3 is 5.73 Å². The largest absolute Gasteiger partial charge is 0.382 e. The second-order valence-corrected chi connectivity index (χ2v) is 2.68. The molecule has 2 N–H and O–H groups in total. The van der Waals surface area contributed by atoms with Gasteiger partial charge in [0.05, 0.1) is 10.6 Å². The van der Waals surface area contributed by atoms with Crippen molar-refractivity contribution in [1.82, 2.24) is 0 Å². The molecule has 0 atom stereocenters. The second-order valence-electron chi connectivity index (χ2n) is 2.68. The van der Waals surface area contributed by atoms with E-state index in [2.05, 4.69) is 10.2 Å². The van der Waals surface area contributed by atoms with E-state index in [-0.39, 0.29) is 11.5 Å². The molecule has 0 aromatic rings. The van der Waals surface area contributed by atoms with Gasteiger partial charge in [-0.05, 0) is 6.08 Å². The number of rotatable bonds is 1. The quantitative estimate of drug-likeness (QED) is 0.459. The van der Waals surface area contributed by atoms with Crippen LogP contribution in [0.5, 0.6) is 0 Å². The van der Waals surface area contributed by atoms with Crippen molar-refractivity contribution in [2.45, 2.75) is 6.42 Å². The summed E-state index contributed by atoms with van der Waals surface area (Å²) in [6.07, 6.45) is 3.32. The highest BCUT2D eigenvalue weighted by molar-refractivity contribution is 6.26. The molecule has 2 rings (SSSR count). The Morgan fingerprint density at radius 3 is 3.00 bits per heavy atom. The lowest BCUT2D eigenvalue weighted by molar-refractivity contribution is -0.419. The minimum Gasteiger partial charge on any atom is -0.382 e. The predicted molar refractivity (Wildman–Crippen MR) is 46.8 cm³/mol. The summed E-state index contributed by atoms with van der Waals surface area (Å²) in [6, 6.07) is 0. The predicted octanol–water partition coefficient (Wildman–Crippen LogP) is 0.204. The molecule has 0 radical (unpaired) electrons. The molecule has 0 bridgehead atoms. The number of nitrogens with two attached hydrogens (primary N) is 1. The molecule has 13 heavy (non-hydrogen) atoms. The van der Waals surface area contributed by atoms with E-state index < -0.39 is 4.92 Å². The van der Waals surface area contributed by atoms with Crippen LogP contribution in [0.25, 0.3) is 0 Å². The van der Waals surface area contributed by atoms with Gasteiger partial charge in [-0.25, -0.2) is 0 Å². The van der Waals surface area contributed by atoms with Gasteiger partial charge in [0.15, 0.2) is 5.84 Å². The lowest BCUT2D eigenvalue weighted by Gasteiger charge is -2.04. The highest BCUT2D eigenvalue weighted by atomic mass is 16.6. The third-order valence-electron chi connectivity index (χ3n) is 1.87. The van der Waals surface area contributed by atoms with Crippen molar-refractivity contribution >= 4 is 11.5 Å². The smallest absolute Gasteiger partial charge is 0.266 e. The van der Waals surface area contributed by atoms with Crippen LogP contribution in [0, 0.1) is 10.1 Å². The molecule has 0 fully saturated rings. The minimum absolute atomic E-state index is 0.0500. The van der Waals surface area contributed by atoms with E-state index in [1.165, 1.54) is 12.2 Å². The normalized spacial score (nSPS) is 19.7. The Morgan fingerprint density at radius 1 is 1.54 bits per heavy atom. The van der Waals surface area contributed by atoms with Crippen molar-refractivity contribution in [3.05, 3.63) is 33.5 Å². The van der Waals surface area contributed by atoms with Crippen molar-refractivity contribution in [2.75, 3.05) is 0 Å². The average Bonchev–Trinajstić information content (AvgIpc) is 2.47. The molecule has 6 nitrogen and oxygen atoms in total. The molecule has 0 aromatic heterocycles. The van der Waals surface area contributed by atoms with Crippen molar-refractivity contribution in [3.8, 4) is 0 Å². The monoisotopic (exact) mass is 178 g/mol. The fraction of sp³-hybridized carbons (Fsp3) is 0.143. The van der Waals surface area contributed by atoms with Gasteiger partial charge in [-0.15, -0.1) is 5.10 Å². The number of nitro groups is 1. The number of nitrogens with zero attached hydrogens (tertiary/aromatic N) is 3. The van der Waals surface area contributed by atoms with Crippen LogP contribution in [0.3, 0.4) is 0 Å². The molecular weight excluding hydrogens is 172 g/mol. The molecule has 0 spiro atoms. The molecular formula is C7H6N4O2. The fourth-order valence-corrected chi connectivity index (χ4v) is 1.21.